The minimum atomic E-state index is -3.07. The Hall–Kier alpha value is -1.01. The van der Waals surface area contributed by atoms with Crippen LogP contribution in [0.1, 0.15) is 38.4 Å². The second-order valence-corrected chi connectivity index (χ2v) is 4.38. The molecule has 0 unspecified atom stereocenters. The number of nitrogens with zero attached hydrogens (tertiary/aromatic N) is 2. The molecule has 0 aliphatic rings. The zero-order valence-corrected chi connectivity index (χ0v) is 10.9. The van der Waals surface area contributed by atoms with E-state index in [0.717, 1.165) is 18.5 Å². The molecule has 1 aromatic rings. The van der Waals surface area contributed by atoms with E-state index in [1.54, 1.807) is 0 Å². The highest BCUT2D eigenvalue weighted by atomic mass is 19.3. The van der Waals surface area contributed by atoms with Gasteiger partial charge in [0.15, 0.2) is 0 Å². The van der Waals surface area contributed by atoms with Crippen LogP contribution in [0.15, 0.2) is 12.3 Å². The van der Waals surface area contributed by atoms with E-state index in [0.29, 0.717) is 6.04 Å². The first-order chi connectivity index (χ1) is 8.52. The Morgan fingerprint density at radius 1 is 1.44 bits per heavy atom. The van der Waals surface area contributed by atoms with Gasteiger partial charge in [0.1, 0.15) is 6.61 Å². The van der Waals surface area contributed by atoms with Gasteiger partial charge in [0, 0.05) is 12.7 Å². The van der Waals surface area contributed by atoms with Crippen molar-refractivity contribution in [3.05, 3.63) is 18.0 Å². The number of hydrogen-bond acceptors (Lipinski definition) is 3. The molecule has 0 fully saturated rings. The van der Waals surface area contributed by atoms with Crippen molar-refractivity contribution in [2.75, 3.05) is 13.2 Å². The van der Waals surface area contributed by atoms with Crippen LogP contribution in [0, 0.1) is 0 Å². The van der Waals surface area contributed by atoms with E-state index in [2.05, 4.69) is 24.3 Å². The molecule has 0 radical (unpaired) electrons. The monoisotopic (exact) mass is 261 g/mol. The number of aromatic nitrogens is 2. The number of halogens is 2. The second-order valence-electron chi connectivity index (χ2n) is 4.38. The van der Waals surface area contributed by atoms with E-state index in [1.807, 2.05) is 16.9 Å². The topological polar surface area (TPSA) is 50.1 Å². The van der Waals surface area contributed by atoms with E-state index in [-0.39, 0.29) is 6.54 Å². The molecule has 0 aliphatic heterocycles. The minimum absolute atomic E-state index is 0.280. The van der Waals surface area contributed by atoms with Gasteiger partial charge in [-0.2, -0.15) is 5.10 Å². The number of alkyl halides is 2. The number of aliphatic hydroxyl groups is 1. The Labute approximate surface area is 106 Å². The highest BCUT2D eigenvalue weighted by Crippen LogP contribution is 2.14. The third kappa shape index (κ3) is 4.34. The molecule has 1 aromatic heterocycles. The lowest BCUT2D eigenvalue weighted by atomic mass is 10.2. The largest absolute Gasteiger partial charge is 0.390 e. The molecular weight excluding hydrogens is 240 g/mol. The van der Waals surface area contributed by atoms with Crippen molar-refractivity contribution in [3.8, 4) is 0 Å². The van der Waals surface area contributed by atoms with Crippen molar-refractivity contribution in [1.82, 2.24) is 15.1 Å². The number of rotatable bonds is 8. The Bertz CT molecular complexity index is 351. The third-order valence-electron chi connectivity index (χ3n) is 2.90. The molecule has 0 aromatic carbocycles. The minimum Gasteiger partial charge on any atom is -0.390 e. The van der Waals surface area contributed by atoms with Crippen LogP contribution in [0.2, 0.25) is 0 Å². The molecule has 1 rings (SSSR count). The van der Waals surface area contributed by atoms with Crippen molar-refractivity contribution in [2.45, 2.75) is 45.2 Å². The van der Waals surface area contributed by atoms with Gasteiger partial charge in [-0.25, -0.2) is 8.78 Å². The smallest absolute Gasteiger partial charge is 0.282 e. The number of nitrogens with one attached hydrogen (secondary N) is 1. The molecule has 1 heterocycles. The number of hydrogen-bond donors (Lipinski definition) is 2. The zero-order chi connectivity index (χ0) is 13.6. The molecule has 4 nitrogen and oxygen atoms in total. The Morgan fingerprint density at radius 2 is 2.11 bits per heavy atom. The summed E-state index contributed by atoms with van der Waals surface area (Å²) >= 11 is 0. The summed E-state index contributed by atoms with van der Waals surface area (Å²) in [6, 6.07) is 2.18. The average molecular weight is 261 g/mol. The van der Waals surface area contributed by atoms with E-state index in [9.17, 15) is 8.78 Å². The van der Waals surface area contributed by atoms with E-state index >= 15 is 0 Å². The van der Waals surface area contributed by atoms with Crippen molar-refractivity contribution >= 4 is 0 Å². The Morgan fingerprint density at radius 3 is 2.67 bits per heavy atom. The molecule has 2 N–H and O–H groups in total. The molecule has 0 bridgehead atoms. The summed E-state index contributed by atoms with van der Waals surface area (Å²) in [5.41, 5.74) is 0.732. The highest BCUT2D eigenvalue weighted by Gasteiger charge is 2.26. The molecular formula is C12H21F2N3O. The molecule has 0 saturated heterocycles. The predicted octanol–water partition coefficient (Wildman–Crippen LogP) is 1.96. The van der Waals surface area contributed by atoms with E-state index < -0.39 is 19.1 Å². The van der Waals surface area contributed by atoms with E-state index in [4.69, 9.17) is 5.11 Å². The summed E-state index contributed by atoms with van der Waals surface area (Å²) in [5, 5.41) is 15.4. The first kappa shape index (κ1) is 15.0. The predicted molar refractivity (Wildman–Crippen MR) is 65.6 cm³/mol. The van der Waals surface area contributed by atoms with Gasteiger partial charge < -0.3 is 10.4 Å². The Kier molecular flexibility index (Phi) is 5.68. The highest BCUT2D eigenvalue weighted by molar-refractivity contribution is 4.99. The lowest BCUT2D eigenvalue weighted by molar-refractivity contribution is -0.0478. The first-order valence-corrected chi connectivity index (χ1v) is 6.25. The van der Waals surface area contributed by atoms with Crippen LogP contribution >= 0.6 is 0 Å². The van der Waals surface area contributed by atoms with E-state index in [1.165, 1.54) is 0 Å². The standard InChI is InChI=1S/C12H21F2N3O/c1-3-11(4-2)17-6-5-10(16-17)7-15-8-12(13,14)9-18/h5-6,11,15,18H,3-4,7-9H2,1-2H3. The van der Waals surface area contributed by atoms with Crippen molar-refractivity contribution in [2.24, 2.45) is 0 Å². The summed E-state index contributed by atoms with van der Waals surface area (Å²) in [6.45, 7) is 2.79. The Balaban J connectivity index is 2.45. The van der Waals surface area contributed by atoms with Gasteiger partial charge in [-0.1, -0.05) is 13.8 Å². The van der Waals surface area contributed by atoms with Gasteiger partial charge in [-0.15, -0.1) is 0 Å². The summed E-state index contributed by atoms with van der Waals surface area (Å²) in [4.78, 5) is 0. The van der Waals surface area contributed by atoms with Gasteiger partial charge >= 0.3 is 0 Å². The molecule has 0 spiro atoms. The number of aliphatic hydroxyl groups excluding tert-OH is 1. The van der Waals surface area contributed by atoms with Crippen LogP contribution < -0.4 is 5.32 Å². The fourth-order valence-electron chi connectivity index (χ4n) is 1.77. The maximum absolute atomic E-state index is 12.8. The van der Waals surface area contributed by atoms with Gasteiger partial charge in [-0.3, -0.25) is 4.68 Å². The first-order valence-electron chi connectivity index (χ1n) is 6.25. The second kappa shape index (κ2) is 6.80. The van der Waals surface area contributed by atoms with Crippen LogP contribution in [-0.4, -0.2) is 34.0 Å². The van der Waals surface area contributed by atoms with Crippen LogP contribution in [0.5, 0.6) is 0 Å². The van der Waals surface area contributed by atoms with Crippen LogP contribution in [0.3, 0.4) is 0 Å². The molecule has 104 valence electrons. The molecule has 0 aliphatic carbocycles. The van der Waals surface area contributed by atoms with Crippen molar-refractivity contribution < 1.29 is 13.9 Å². The summed E-state index contributed by atoms with van der Waals surface area (Å²) in [6.07, 6.45) is 3.86. The van der Waals surface area contributed by atoms with Crippen molar-refractivity contribution in [1.29, 1.82) is 0 Å². The van der Waals surface area contributed by atoms with Crippen LogP contribution in [0.25, 0.3) is 0 Å². The zero-order valence-electron chi connectivity index (χ0n) is 10.9. The molecule has 6 heteroatoms. The van der Waals surface area contributed by atoms with Gasteiger partial charge in [0.2, 0.25) is 0 Å². The maximum Gasteiger partial charge on any atom is 0.282 e. The molecule has 0 saturated carbocycles. The molecule has 0 atom stereocenters. The summed E-state index contributed by atoms with van der Waals surface area (Å²) in [5.74, 6) is -3.07. The normalized spacial score (nSPS) is 12.3. The molecule has 0 amide bonds. The lowest BCUT2D eigenvalue weighted by Gasteiger charge is -2.14. The SMILES string of the molecule is CCC(CC)n1ccc(CNCC(F)(F)CO)n1. The molecule has 18 heavy (non-hydrogen) atoms. The van der Waals surface area contributed by atoms with Crippen molar-refractivity contribution in [3.63, 3.8) is 0 Å². The quantitative estimate of drug-likeness (QED) is 0.752. The van der Waals surface area contributed by atoms with Crippen LogP contribution in [0.4, 0.5) is 8.78 Å². The van der Waals surface area contributed by atoms with Gasteiger partial charge in [0.05, 0.1) is 18.3 Å². The lowest BCUT2D eigenvalue weighted by Crippen LogP contribution is -2.35. The van der Waals surface area contributed by atoms with Gasteiger partial charge in [0.25, 0.3) is 5.92 Å². The fraction of sp³-hybridized carbons (Fsp3) is 0.750. The average Bonchev–Trinajstić information content (AvgIpc) is 2.79. The summed E-state index contributed by atoms with van der Waals surface area (Å²) < 4.78 is 27.4. The van der Waals surface area contributed by atoms with Gasteiger partial charge in [-0.05, 0) is 18.9 Å². The summed E-state index contributed by atoms with van der Waals surface area (Å²) in [7, 11) is 0. The third-order valence-corrected chi connectivity index (χ3v) is 2.90. The fourth-order valence-corrected chi connectivity index (χ4v) is 1.77. The van der Waals surface area contributed by atoms with Crippen LogP contribution in [-0.2, 0) is 6.54 Å². The maximum atomic E-state index is 12.8.